The minimum Gasteiger partial charge on any atom is -0.371 e. The third-order valence-corrected chi connectivity index (χ3v) is 3.89. The fraction of sp³-hybridized carbons (Fsp3) is 0.625. The summed E-state index contributed by atoms with van der Waals surface area (Å²) in [5.74, 6) is 0. The molecule has 1 heterocycles. The summed E-state index contributed by atoms with van der Waals surface area (Å²) in [7, 11) is 0. The number of benzene rings is 1. The van der Waals surface area contributed by atoms with E-state index >= 15 is 0 Å². The van der Waals surface area contributed by atoms with Gasteiger partial charge in [0.15, 0.2) is 0 Å². The molecular formula is C16H26N2. The molecule has 2 N–H and O–H groups in total. The Balaban J connectivity index is 2.14. The molecule has 2 heteroatoms. The molecule has 18 heavy (non-hydrogen) atoms. The van der Waals surface area contributed by atoms with Crippen LogP contribution in [0.2, 0.25) is 0 Å². The van der Waals surface area contributed by atoms with Gasteiger partial charge in [-0.15, -0.1) is 0 Å². The van der Waals surface area contributed by atoms with Gasteiger partial charge in [0.05, 0.1) is 0 Å². The van der Waals surface area contributed by atoms with Crippen molar-refractivity contribution in [2.75, 3.05) is 24.5 Å². The molecule has 1 fully saturated rings. The summed E-state index contributed by atoms with van der Waals surface area (Å²) in [5.41, 5.74) is 10.1. The van der Waals surface area contributed by atoms with Crippen LogP contribution in [0.4, 0.5) is 5.69 Å². The van der Waals surface area contributed by atoms with Gasteiger partial charge in [-0.05, 0) is 63.1 Å². The third-order valence-electron chi connectivity index (χ3n) is 3.89. The first kappa shape index (κ1) is 13.4. The van der Waals surface area contributed by atoms with Crippen molar-refractivity contribution in [3.63, 3.8) is 0 Å². The zero-order chi connectivity index (χ0) is 12.8. The van der Waals surface area contributed by atoms with Crippen molar-refractivity contribution >= 4 is 5.69 Å². The molecule has 1 aliphatic rings. The standard InChI is InChI=1S/C16H26N2/c1-14-8-7-10-15(9-3-4-11-17)16(14)18-12-5-2-6-13-18/h7-8,10H,2-6,9,11-13,17H2,1H3. The number of anilines is 1. The van der Waals surface area contributed by atoms with Crippen LogP contribution in [0.15, 0.2) is 18.2 Å². The highest BCUT2D eigenvalue weighted by molar-refractivity contribution is 5.59. The maximum atomic E-state index is 5.59. The van der Waals surface area contributed by atoms with E-state index in [2.05, 4.69) is 30.0 Å². The summed E-state index contributed by atoms with van der Waals surface area (Å²) in [6.07, 6.45) is 7.59. The van der Waals surface area contributed by atoms with E-state index in [9.17, 15) is 0 Å². The second-order valence-corrected chi connectivity index (χ2v) is 5.38. The molecule has 1 aliphatic heterocycles. The van der Waals surface area contributed by atoms with E-state index in [0.717, 1.165) is 13.0 Å². The number of nitrogens with two attached hydrogens (primary N) is 1. The Kier molecular flexibility index (Phi) is 5.06. The first-order valence-corrected chi connectivity index (χ1v) is 7.36. The normalized spacial score (nSPS) is 16.0. The minimum atomic E-state index is 0.810. The lowest BCUT2D eigenvalue weighted by Crippen LogP contribution is -2.30. The van der Waals surface area contributed by atoms with E-state index in [-0.39, 0.29) is 0 Å². The minimum absolute atomic E-state index is 0.810. The molecule has 0 aromatic heterocycles. The Morgan fingerprint density at radius 1 is 1.11 bits per heavy atom. The van der Waals surface area contributed by atoms with Gasteiger partial charge >= 0.3 is 0 Å². The molecule has 0 atom stereocenters. The Morgan fingerprint density at radius 2 is 1.89 bits per heavy atom. The molecule has 1 aromatic rings. The maximum Gasteiger partial charge on any atom is 0.0428 e. The van der Waals surface area contributed by atoms with E-state index in [1.807, 2.05) is 0 Å². The molecular weight excluding hydrogens is 220 g/mol. The van der Waals surface area contributed by atoms with Crippen LogP contribution in [0.5, 0.6) is 0 Å². The summed E-state index contributed by atoms with van der Waals surface area (Å²) in [4.78, 5) is 2.59. The molecule has 0 bridgehead atoms. The van der Waals surface area contributed by atoms with Crippen molar-refractivity contribution in [3.8, 4) is 0 Å². The maximum absolute atomic E-state index is 5.59. The predicted molar refractivity (Wildman–Crippen MR) is 79.2 cm³/mol. The molecule has 2 nitrogen and oxygen atoms in total. The Labute approximate surface area is 111 Å². The van der Waals surface area contributed by atoms with Crippen LogP contribution in [0.25, 0.3) is 0 Å². The van der Waals surface area contributed by atoms with Crippen molar-refractivity contribution in [2.24, 2.45) is 5.73 Å². The second-order valence-electron chi connectivity index (χ2n) is 5.38. The quantitative estimate of drug-likeness (QED) is 0.808. The second kappa shape index (κ2) is 6.79. The van der Waals surface area contributed by atoms with Gasteiger partial charge in [0, 0.05) is 18.8 Å². The molecule has 1 saturated heterocycles. The number of para-hydroxylation sites is 1. The molecule has 0 radical (unpaired) electrons. The van der Waals surface area contributed by atoms with Gasteiger partial charge in [-0.2, -0.15) is 0 Å². The van der Waals surface area contributed by atoms with Gasteiger partial charge in [0.1, 0.15) is 0 Å². The molecule has 0 spiro atoms. The molecule has 0 aliphatic carbocycles. The van der Waals surface area contributed by atoms with Gasteiger partial charge in [0.25, 0.3) is 0 Å². The van der Waals surface area contributed by atoms with Crippen LogP contribution >= 0.6 is 0 Å². The smallest absolute Gasteiger partial charge is 0.0428 e. The van der Waals surface area contributed by atoms with Gasteiger partial charge < -0.3 is 10.6 Å². The molecule has 100 valence electrons. The molecule has 0 saturated carbocycles. The topological polar surface area (TPSA) is 29.3 Å². The van der Waals surface area contributed by atoms with Gasteiger partial charge in [-0.3, -0.25) is 0 Å². The van der Waals surface area contributed by atoms with Crippen molar-refractivity contribution < 1.29 is 0 Å². The van der Waals surface area contributed by atoms with Crippen LogP contribution in [-0.2, 0) is 6.42 Å². The number of aryl methyl sites for hydroxylation is 2. The zero-order valence-electron chi connectivity index (χ0n) is 11.6. The molecule has 0 unspecified atom stereocenters. The summed E-state index contributed by atoms with van der Waals surface area (Å²) in [6, 6.07) is 6.74. The Bertz CT molecular complexity index is 367. The van der Waals surface area contributed by atoms with Crippen LogP contribution < -0.4 is 10.6 Å². The number of hydrogen-bond donors (Lipinski definition) is 1. The highest BCUT2D eigenvalue weighted by atomic mass is 15.1. The summed E-state index contributed by atoms with van der Waals surface area (Å²) < 4.78 is 0. The number of rotatable bonds is 5. The number of nitrogens with zero attached hydrogens (tertiary/aromatic N) is 1. The average Bonchev–Trinajstić information content (AvgIpc) is 2.40. The van der Waals surface area contributed by atoms with Gasteiger partial charge in [-0.1, -0.05) is 18.2 Å². The number of unbranched alkanes of at least 4 members (excludes halogenated alkanes) is 1. The lowest BCUT2D eigenvalue weighted by Gasteiger charge is -2.32. The van der Waals surface area contributed by atoms with E-state index < -0.39 is 0 Å². The van der Waals surface area contributed by atoms with E-state index in [4.69, 9.17) is 5.73 Å². The van der Waals surface area contributed by atoms with Gasteiger partial charge in [-0.25, -0.2) is 0 Å². The Morgan fingerprint density at radius 3 is 2.61 bits per heavy atom. The van der Waals surface area contributed by atoms with Crippen molar-refractivity contribution in [3.05, 3.63) is 29.3 Å². The lowest BCUT2D eigenvalue weighted by molar-refractivity contribution is 0.574. The third kappa shape index (κ3) is 3.26. The largest absolute Gasteiger partial charge is 0.371 e. The predicted octanol–water partition coefficient (Wildman–Crippen LogP) is 3.27. The zero-order valence-corrected chi connectivity index (χ0v) is 11.6. The summed E-state index contributed by atoms with van der Waals surface area (Å²) in [5, 5.41) is 0. The van der Waals surface area contributed by atoms with Crippen LogP contribution in [0, 0.1) is 6.92 Å². The summed E-state index contributed by atoms with van der Waals surface area (Å²) >= 11 is 0. The highest BCUT2D eigenvalue weighted by Crippen LogP contribution is 2.29. The average molecular weight is 246 g/mol. The highest BCUT2D eigenvalue weighted by Gasteiger charge is 2.15. The van der Waals surface area contributed by atoms with Crippen LogP contribution in [0.3, 0.4) is 0 Å². The van der Waals surface area contributed by atoms with E-state index in [1.165, 1.54) is 62.0 Å². The Hall–Kier alpha value is -1.02. The lowest BCUT2D eigenvalue weighted by atomic mass is 9.99. The monoisotopic (exact) mass is 246 g/mol. The van der Waals surface area contributed by atoms with Crippen molar-refractivity contribution in [2.45, 2.75) is 45.4 Å². The van der Waals surface area contributed by atoms with Gasteiger partial charge in [0.2, 0.25) is 0 Å². The number of hydrogen-bond acceptors (Lipinski definition) is 2. The SMILES string of the molecule is Cc1cccc(CCCCN)c1N1CCCCC1. The fourth-order valence-electron chi connectivity index (χ4n) is 2.95. The van der Waals surface area contributed by atoms with E-state index in [1.54, 1.807) is 0 Å². The van der Waals surface area contributed by atoms with Crippen molar-refractivity contribution in [1.29, 1.82) is 0 Å². The van der Waals surface area contributed by atoms with Crippen LogP contribution in [-0.4, -0.2) is 19.6 Å². The molecule has 1 aromatic carbocycles. The van der Waals surface area contributed by atoms with E-state index in [0.29, 0.717) is 0 Å². The fourth-order valence-corrected chi connectivity index (χ4v) is 2.95. The first-order chi connectivity index (χ1) is 8.83. The first-order valence-electron chi connectivity index (χ1n) is 7.36. The van der Waals surface area contributed by atoms with Crippen LogP contribution in [0.1, 0.15) is 43.2 Å². The number of piperidine rings is 1. The molecule has 0 amide bonds. The van der Waals surface area contributed by atoms with Crippen molar-refractivity contribution in [1.82, 2.24) is 0 Å². The summed E-state index contributed by atoms with van der Waals surface area (Å²) in [6.45, 7) is 5.52. The molecule has 2 rings (SSSR count).